The van der Waals surface area contributed by atoms with Gasteiger partial charge in [-0.2, -0.15) is 0 Å². The molecule has 0 aliphatic heterocycles. The number of anilines is 1. The molecule has 7 heteroatoms. The number of amides is 1. The van der Waals surface area contributed by atoms with Gasteiger partial charge in [0.15, 0.2) is 0 Å². The van der Waals surface area contributed by atoms with Crippen LogP contribution in [-0.4, -0.2) is 27.1 Å². The maximum Gasteiger partial charge on any atom is 0.251 e. The summed E-state index contributed by atoms with van der Waals surface area (Å²) >= 11 is 0. The Morgan fingerprint density at radius 3 is 2.17 bits per heavy atom. The van der Waals surface area contributed by atoms with Crippen molar-refractivity contribution in [1.29, 1.82) is 0 Å². The van der Waals surface area contributed by atoms with E-state index in [2.05, 4.69) is 5.32 Å². The SMILES string of the molecule is CS(=O)(=O)N(Cc1ccc(C(=O)NCCc2ccccc2)cc1)c1ccccc1F. The molecule has 0 bridgehead atoms. The average Bonchev–Trinajstić information content (AvgIpc) is 2.73. The van der Waals surface area contributed by atoms with Crippen molar-refractivity contribution >= 4 is 21.6 Å². The minimum atomic E-state index is -3.69. The van der Waals surface area contributed by atoms with Gasteiger partial charge in [0.2, 0.25) is 10.0 Å². The third-order valence-corrected chi connectivity index (χ3v) is 5.73. The summed E-state index contributed by atoms with van der Waals surface area (Å²) in [4.78, 5) is 12.3. The molecule has 0 unspecified atom stereocenters. The maximum atomic E-state index is 14.1. The number of rotatable bonds is 8. The average molecular weight is 427 g/mol. The standard InChI is InChI=1S/C23H23FN2O3S/c1-30(28,29)26(22-10-6-5-9-21(22)24)17-19-11-13-20(14-12-19)23(27)25-16-15-18-7-3-2-4-8-18/h2-14H,15-17H2,1H3,(H,25,27). The zero-order chi connectivity index (χ0) is 21.6. The van der Waals surface area contributed by atoms with Crippen LogP contribution in [0.5, 0.6) is 0 Å². The molecule has 0 saturated carbocycles. The van der Waals surface area contributed by atoms with Crippen molar-refractivity contribution < 1.29 is 17.6 Å². The molecule has 30 heavy (non-hydrogen) atoms. The van der Waals surface area contributed by atoms with Crippen molar-refractivity contribution in [2.75, 3.05) is 17.1 Å². The van der Waals surface area contributed by atoms with Crippen LogP contribution in [0.3, 0.4) is 0 Å². The smallest absolute Gasteiger partial charge is 0.251 e. The van der Waals surface area contributed by atoms with Gasteiger partial charge in [0.05, 0.1) is 18.5 Å². The molecule has 0 radical (unpaired) electrons. The minimum Gasteiger partial charge on any atom is -0.352 e. The summed E-state index contributed by atoms with van der Waals surface area (Å²) in [6.45, 7) is 0.482. The van der Waals surface area contributed by atoms with Crippen LogP contribution in [-0.2, 0) is 23.0 Å². The van der Waals surface area contributed by atoms with Crippen LogP contribution in [0, 0.1) is 5.82 Å². The van der Waals surface area contributed by atoms with E-state index in [9.17, 15) is 17.6 Å². The van der Waals surface area contributed by atoms with Crippen LogP contribution in [0.2, 0.25) is 0 Å². The number of benzene rings is 3. The summed E-state index contributed by atoms with van der Waals surface area (Å²) < 4.78 is 39.5. The van der Waals surface area contributed by atoms with E-state index >= 15 is 0 Å². The van der Waals surface area contributed by atoms with Crippen LogP contribution >= 0.6 is 0 Å². The van der Waals surface area contributed by atoms with Crippen LogP contribution in [0.4, 0.5) is 10.1 Å². The van der Waals surface area contributed by atoms with Crippen molar-refractivity contribution in [3.05, 3.63) is 101 Å². The van der Waals surface area contributed by atoms with E-state index in [4.69, 9.17) is 0 Å². The molecule has 0 heterocycles. The number of carbonyl (C=O) groups excluding carboxylic acids is 1. The predicted molar refractivity (Wildman–Crippen MR) is 116 cm³/mol. The Bertz CT molecular complexity index is 1100. The number of nitrogens with one attached hydrogen (secondary N) is 1. The topological polar surface area (TPSA) is 66.5 Å². The summed E-state index contributed by atoms with van der Waals surface area (Å²) in [7, 11) is -3.69. The highest BCUT2D eigenvalue weighted by atomic mass is 32.2. The molecule has 0 spiro atoms. The molecule has 3 aromatic rings. The van der Waals surface area contributed by atoms with Gasteiger partial charge in [0.25, 0.3) is 5.91 Å². The molecule has 0 fully saturated rings. The van der Waals surface area contributed by atoms with E-state index in [-0.39, 0.29) is 18.1 Å². The van der Waals surface area contributed by atoms with Crippen LogP contribution < -0.4 is 9.62 Å². The Labute approximate surface area is 176 Å². The zero-order valence-corrected chi connectivity index (χ0v) is 17.4. The van der Waals surface area contributed by atoms with Gasteiger partial charge in [-0.3, -0.25) is 9.10 Å². The van der Waals surface area contributed by atoms with Gasteiger partial charge in [-0.1, -0.05) is 54.6 Å². The van der Waals surface area contributed by atoms with Crippen LogP contribution in [0.25, 0.3) is 0 Å². The second kappa shape index (κ2) is 9.54. The van der Waals surface area contributed by atoms with Crippen LogP contribution in [0.1, 0.15) is 21.5 Å². The Hall–Kier alpha value is -3.19. The van der Waals surface area contributed by atoms with Gasteiger partial charge in [-0.15, -0.1) is 0 Å². The fraction of sp³-hybridized carbons (Fsp3) is 0.174. The molecule has 0 saturated heterocycles. The Morgan fingerprint density at radius 2 is 1.53 bits per heavy atom. The maximum absolute atomic E-state index is 14.1. The minimum absolute atomic E-state index is 0.0114. The molecule has 1 amide bonds. The summed E-state index contributed by atoms with van der Waals surface area (Å²) in [5.41, 5.74) is 2.25. The van der Waals surface area contributed by atoms with Gasteiger partial charge in [-0.05, 0) is 41.8 Å². The molecule has 1 N–H and O–H groups in total. The molecular weight excluding hydrogens is 403 g/mol. The lowest BCUT2D eigenvalue weighted by Crippen LogP contribution is -2.30. The number of hydrogen-bond acceptors (Lipinski definition) is 3. The molecular formula is C23H23FN2O3S. The van der Waals surface area contributed by atoms with Crippen molar-refractivity contribution in [1.82, 2.24) is 5.32 Å². The van der Waals surface area contributed by atoms with E-state index in [1.54, 1.807) is 30.3 Å². The highest BCUT2D eigenvalue weighted by Gasteiger charge is 2.21. The zero-order valence-electron chi connectivity index (χ0n) is 16.6. The van der Waals surface area contributed by atoms with Crippen molar-refractivity contribution in [2.24, 2.45) is 0 Å². The highest BCUT2D eigenvalue weighted by Crippen LogP contribution is 2.23. The first-order valence-electron chi connectivity index (χ1n) is 9.48. The summed E-state index contributed by atoms with van der Waals surface area (Å²) in [6, 6.07) is 22.2. The van der Waals surface area contributed by atoms with Crippen molar-refractivity contribution in [2.45, 2.75) is 13.0 Å². The number of para-hydroxylation sites is 1. The largest absolute Gasteiger partial charge is 0.352 e. The predicted octanol–water partition coefficient (Wildman–Crippen LogP) is 3.76. The van der Waals surface area contributed by atoms with E-state index in [1.807, 2.05) is 30.3 Å². The molecule has 156 valence electrons. The van der Waals surface area contributed by atoms with Gasteiger partial charge in [-0.25, -0.2) is 12.8 Å². The lowest BCUT2D eigenvalue weighted by atomic mass is 10.1. The fourth-order valence-corrected chi connectivity index (χ4v) is 3.92. The first kappa shape index (κ1) is 21.5. The quantitative estimate of drug-likeness (QED) is 0.596. The third-order valence-electron chi connectivity index (χ3n) is 4.61. The van der Waals surface area contributed by atoms with Crippen molar-refractivity contribution in [3.8, 4) is 0 Å². The summed E-state index contributed by atoms with van der Waals surface area (Å²) in [5.74, 6) is -0.816. The van der Waals surface area contributed by atoms with Gasteiger partial charge in [0, 0.05) is 12.1 Å². The fourth-order valence-electron chi connectivity index (χ4n) is 3.03. The molecule has 0 aromatic heterocycles. The third kappa shape index (κ3) is 5.67. The number of nitrogens with zero attached hydrogens (tertiary/aromatic N) is 1. The number of carbonyl (C=O) groups is 1. The molecule has 0 aliphatic carbocycles. The second-order valence-electron chi connectivity index (χ2n) is 6.91. The summed E-state index contributed by atoms with van der Waals surface area (Å²) in [6.07, 6.45) is 1.77. The molecule has 0 aliphatic rings. The highest BCUT2D eigenvalue weighted by molar-refractivity contribution is 7.92. The van der Waals surface area contributed by atoms with Gasteiger partial charge in [0.1, 0.15) is 5.82 Å². The van der Waals surface area contributed by atoms with E-state index in [1.165, 1.54) is 18.2 Å². The number of halogens is 1. The van der Waals surface area contributed by atoms with Gasteiger partial charge < -0.3 is 5.32 Å². The molecule has 0 atom stereocenters. The monoisotopic (exact) mass is 426 g/mol. The van der Waals surface area contributed by atoms with Crippen LogP contribution in [0.15, 0.2) is 78.9 Å². The molecule has 5 nitrogen and oxygen atoms in total. The molecule has 3 aromatic carbocycles. The Balaban J connectivity index is 1.65. The normalized spacial score (nSPS) is 11.1. The number of sulfonamides is 1. The van der Waals surface area contributed by atoms with E-state index in [0.29, 0.717) is 17.7 Å². The van der Waals surface area contributed by atoms with E-state index in [0.717, 1.165) is 22.5 Å². The van der Waals surface area contributed by atoms with E-state index < -0.39 is 15.8 Å². The Kier molecular flexibility index (Phi) is 6.84. The van der Waals surface area contributed by atoms with Crippen molar-refractivity contribution in [3.63, 3.8) is 0 Å². The first-order chi connectivity index (χ1) is 14.3. The second-order valence-corrected chi connectivity index (χ2v) is 8.82. The lowest BCUT2D eigenvalue weighted by Gasteiger charge is -2.23. The van der Waals surface area contributed by atoms with Gasteiger partial charge >= 0.3 is 0 Å². The lowest BCUT2D eigenvalue weighted by molar-refractivity contribution is 0.0954. The summed E-state index contributed by atoms with van der Waals surface area (Å²) in [5, 5.41) is 2.87. The number of hydrogen-bond donors (Lipinski definition) is 1. The Morgan fingerprint density at radius 1 is 0.900 bits per heavy atom. The first-order valence-corrected chi connectivity index (χ1v) is 11.3. The molecule has 3 rings (SSSR count).